The van der Waals surface area contributed by atoms with Gasteiger partial charge in [0.15, 0.2) is 0 Å². The molecule has 0 amide bonds. The molecule has 0 spiro atoms. The Morgan fingerprint density at radius 3 is 2.70 bits per heavy atom. The fourth-order valence-corrected chi connectivity index (χ4v) is 3.62. The predicted octanol–water partition coefficient (Wildman–Crippen LogP) is 4.32. The second-order valence-electron chi connectivity index (χ2n) is 4.83. The van der Waals surface area contributed by atoms with Gasteiger partial charge in [-0.1, -0.05) is 43.3 Å². The van der Waals surface area contributed by atoms with Gasteiger partial charge in [0.05, 0.1) is 5.69 Å². The Hall–Kier alpha value is -0.970. The van der Waals surface area contributed by atoms with E-state index in [2.05, 4.69) is 30.3 Å². The van der Waals surface area contributed by atoms with Gasteiger partial charge < -0.3 is 9.67 Å². The van der Waals surface area contributed by atoms with Crippen LogP contribution in [-0.2, 0) is 13.2 Å². The highest BCUT2D eigenvalue weighted by molar-refractivity contribution is 7.99. The fraction of sp³-hybridized carbons (Fsp3) is 0.400. The van der Waals surface area contributed by atoms with E-state index >= 15 is 0 Å². The van der Waals surface area contributed by atoms with Crippen LogP contribution in [0.5, 0.6) is 0 Å². The molecule has 0 radical (unpaired) electrons. The van der Waals surface area contributed by atoms with E-state index in [-0.39, 0.29) is 6.61 Å². The van der Waals surface area contributed by atoms with E-state index in [4.69, 9.17) is 11.6 Å². The molecule has 20 heavy (non-hydrogen) atoms. The lowest BCUT2D eigenvalue weighted by molar-refractivity contribution is 0.264. The fourth-order valence-electron chi connectivity index (χ4n) is 2.08. The minimum absolute atomic E-state index is 0.0380. The third kappa shape index (κ3) is 3.19. The second kappa shape index (κ2) is 6.66. The zero-order valence-corrected chi connectivity index (χ0v) is 13.5. The molecule has 3 nitrogen and oxygen atoms in total. The van der Waals surface area contributed by atoms with Crippen LogP contribution >= 0.6 is 23.4 Å². The summed E-state index contributed by atoms with van der Waals surface area (Å²) < 4.78 is 2.07. The number of hydrogen-bond acceptors (Lipinski definition) is 3. The van der Waals surface area contributed by atoms with Crippen LogP contribution < -0.4 is 0 Å². The molecule has 5 heteroatoms. The van der Waals surface area contributed by atoms with Gasteiger partial charge >= 0.3 is 0 Å². The lowest BCUT2D eigenvalue weighted by Crippen LogP contribution is -2.02. The number of nitrogens with zero attached hydrogens (tertiary/aromatic N) is 2. The average molecular weight is 311 g/mol. The summed E-state index contributed by atoms with van der Waals surface area (Å²) in [6.07, 6.45) is 0. The molecular formula is C15H19ClN2OS. The largest absolute Gasteiger partial charge is 0.388 e. The molecule has 0 unspecified atom stereocenters. The topological polar surface area (TPSA) is 38.0 Å². The summed E-state index contributed by atoms with van der Waals surface area (Å²) in [6, 6.07) is 7.79. The summed E-state index contributed by atoms with van der Waals surface area (Å²) in [7, 11) is 0. The van der Waals surface area contributed by atoms with E-state index in [1.54, 1.807) is 11.8 Å². The van der Waals surface area contributed by atoms with Crippen molar-refractivity contribution in [2.75, 3.05) is 0 Å². The summed E-state index contributed by atoms with van der Waals surface area (Å²) in [6.45, 7) is 7.05. The van der Waals surface area contributed by atoms with Crippen molar-refractivity contribution in [3.8, 4) is 0 Å². The molecule has 1 heterocycles. The van der Waals surface area contributed by atoms with Gasteiger partial charge in [0.2, 0.25) is 0 Å². The van der Waals surface area contributed by atoms with E-state index in [1.807, 2.05) is 24.3 Å². The molecule has 0 saturated heterocycles. The molecule has 108 valence electrons. The molecule has 0 aliphatic heterocycles. The molecule has 0 aliphatic carbocycles. The first kappa shape index (κ1) is 15.4. The van der Waals surface area contributed by atoms with Crippen molar-refractivity contribution >= 4 is 23.4 Å². The van der Waals surface area contributed by atoms with Crippen LogP contribution in [0.15, 0.2) is 34.2 Å². The zero-order chi connectivity index (χ0) is 14.7. The van der Waals surface area contributed by atoms with Crippen molar-refractivity contribution in [3.05, 3.63) is 40.8 Å². The van der Waals surface area contributed by atoms with E-state index < -0.39 is 0 Å². The minimum Gasteiger partial charge on any atom is -0.388 e. The van der Waals surface area contributed by atoms with Crippen molar-refractivity contribution < 1.29 is 5.11 Å². The molecule has 0 bridgehead atoms. The molecule has 2 rings (SSSR count). The standard InChI is InChI=1S/C15H19ClN2OS/c1-4-18-13(9-19)17-14(10(2)3)15(18)20-12-7-5-6-11(16)8-12/h5-8,10,19H,4,9H2,1-3H3. The number of halogens is 1. The number of imidazole rings is 1. The molecule has 1 aromatic carbocycles. The van der Waals surface area contributed by atoms with Crippen LogP contribution in [0.1, 0.15) is 38.2 Å². The Bertz CT molecular complexity index is 596. The van der Waals surface area contributed by atoms with Crippen molar-refractivity contribution in [3.63, 3.8) is 0 Å². The minimum atomic E-state index is -0.0380. The maximum absolute atomic E-state index is 9.47. The summed E-state index contributed by atoms with van der Waals surface area (Å²) in [5.41, 5.74) is 1.03. The average Bonchev–Trinajstić information content (AvgIpc) is 2.76. The van der Waals surface area contributed by atoms with E-state index in [9.17, 15) is 5.11 Å². The van der Waals surface area contributed by atoms with Crippen LogP contribution in [0.2, 0.25) is 5.02 Å². The van der Waals surface area contributed by atoms with E-state index in [0.717, 1.165) is 33.0 Å². The Kier molecular flexibility index (Phi) is 5.13. The normalized spacial score (nSPS) is 11.3. The van der Waals surface area contributed by atoms with Gasteiger partial charge in [-0.3, -0.25) is 0 Å². The Morgan fingerprint density at radius 1 is 1.40 bits per heavy atom. The third-order valence-electron chi connectivity index (χ3n) is 3.04. The Balaban J connectivity index is 2.45. The molecule has 0 atom stereocenters. The van der Waals surface area contributed by atoms with Gasteiger partial charge in [-0.25, -0.2) is 4.98 Å². The van der Waals surface area contributed by atoms with Crippen molar-refractivity contribution in [1.82, 2.24) is 9.55 Å². The van der Waals surface area contributed by atoms with Gasteiger partial charge in [-0.15, -0.1) is 0 Å². The zero-order valence-electron chi connectivity index (χ0n) is 11.9. The van der Waals surface area contributed by atoms with Crippen molar-refractivity contribution in [2.24, 2.45) is 0 Å². The maximum Gasteiger partial charge on any atom is 0.135 e. The molecule has 1 aromatic heterocycles. The first-order valence-corrected chi connectivity index (χ1v) is 7.89. The molecule has 0 aliphatic rings. The smallest absolute Gasteiger partial charge is 0.135 e. The molecule has 0 saturated carbocycles. The summed E-state index contributed by atoms with van der Waals surface area (Å²) >= 11 is 7.69. The highest BCUT2D eigenvalue weighted by Crippen LogP contribution is 2.35. The van der Waals surface area contributed by atoms with Crippen molar-refractivity contribution in [1.29, 1.82) is 0 Å². The number of aliphatic hydroxyl groups excluding tert-OH is 1. The molecular weight excluding hydrogens is 292 g/mol. The van der Waals surface area contributed by atoms with Crippen LogP contribution in [-0.4, -0.2) is 14.7 Å². The van der Waals surface area contributed by atoms with Crippen LogP contribution in [0.3, 0.4) is 0 Å². The first-order chi connectivity index (χ1) is 9.56. The number of benzene rings is 1. The third-order valence-corrected chi connectivity index (χ3v) is 4.39. The highest BCUT2D eigenvalue weighted by atomic mass is 35.5. The molecule has 0 fully saturated rings. The monoisotopic (exact) mass is 310 g/mol. The summed E-state index contributed by atoms with van der Waals surface area (Å²) in [5, 5.41) is 11.3. The predicted molar refractivity (Wildman–Crippen MR) is 83.5 cm³/mol. The SMILES string of the molecule is CCn1c(CO)nc(C(C)C)c1Sc1cccc(Cl)c1. The van der Waals surface area contributed by atoms with Crippen LogP contribution in [0.25, 0.3) is 0 Å². The van der Waals surface area contributed by atoms with Crippen LogP contribution in [0.4, 0.5) is 0 Å². The number of aliphatic hydroxyl groups is 1. The van der Waals surface area contributed by atoms with Crippen molar-refractivity contribution in [2.45, 2.75) is 49.8 Å². The van der Waals surface area contributed by atoms with E-state index in [0.29, 0.717) is 5.92 Å². The number of hydrogen-bond donors (Lipinski definition) is 1. The Morgan fingerprint density at radius 2 is 2.15 bits per heavy atom. The van der Waals surface area contributed by atoms with Gasteiger partial charge in [0.25, 0.3) is 0 Å². The quantitative estimate of drug-likeness (QED) is 0.893. The lowest BCUT2D eigenvalue weighted by atomic mass is 10.1. The van der Waals surface area contributed by atoms with Gasteiger partial charge in [-0.2, -0.15) is 0 Å². The highest BCUT2D eigenvalue weighted by Gasteiger charge is 2.19. The van der Waals surface area contributed by atoms with Gasteiger partial charge in [-0.05, 0) is 31.0 Å². The lowest BCUT2D eigenvalue weighted by Gasteiger charge is -2.10. The first-order valence-electron chi connectivity index (χ1n) is 6.70. The summed E-state index contributed by atoms with van der Waals surface area (Å²) in [4.78, 5) is 5.66. The Labute approximate surface area is 129 Å². The molecule has 2 aromatic rings. The van der Waals surface area contributed by atoms with Crippen LogP contribution in [0, 0.1) is 0 Å². The van der Waals surface area contributed by atoms with Gasteiger partial charge in [0.1, 0.15) is 17.5 Å². The summed E-state index contributed by atoms with van der Waals surface area (Å²) in [5.74, 6) is 1.04. The second-order valence-corrected chi connectivity index (χ2v) is 6.33. The van der Waals surface area contributed by atoms with Gasteiger partial charge in [0, 0.05) is 16.5 Å². The molecule has 1 N–H and O–H groups in total. The number of aromatic nitrogens is 2. The number of rotatable bonds is 5. The van der Waals surface area contributed by atoms with E-state index in [1.165, 1.54) is 0 Å². The maximum atomic E-state index is 9.47.